The summed E-state index contributed by atoms with van der Waals surface area (Å²) in [6.45, 7) is 1.44. The lowest BCUT2D eigenvalue weighted by molar-refractivity contribution is 0.0600. The average Bonchev–Trinajstić information content (AvgIpc) is 2.54. The van der Waals surface area contributed by atoms with Crippen LogP contribution in [0, 0.1) is 0 Å². The van der Waals surface area contributed by atoms with E-state index in [9.17, 15) is 4.79 Å². The molecule has 0 spiro atoms. The number of methoxy groups -OCH3 is 1. The SMILES string of the molecule is COC(=O)c1ccc2c(c1)CN(Cc1ccccc1)N=C2. The van der Waals surface area contributed by atoms with E-state index >= 15 is 0 Å². The highest BCUT2D eigenvalue weighted by molar-refractivity contribution is 5.91. The first-order valence-electron chi connectivity index (χ1n) is 6.80. The quantitative estimate of drug-likeness (QED) is 0.812. The van der Waals surface area contributed by atoms with Crippen LogP contribution in [0.3, 0.4) is 0 Å². The maximum absolute atomic E-state index is 11.6. The summed E-state index contributed by atoms with van der Waals surface area (Å²) in [5, 5.41) is 6.44. The van der Waals surface area contributed by atoms with Crippen molar-refractivity contribution in [3.63, 3.8) is 0 Å². The second-order valence-corrected chi connectivity index (χ2v) is 4.96. The number of nitrogens with zero attached hydrogens (tertiary/aromatic N) is 2. The number of fused-ring (bicyclic) bond motifs is 1. The Balaban J connectivity index is 1.79. The lowest BCUT2D eigenvalue weighted by atomic mass is 10.0. The molecule has 0 aliphatic carbocycles. The molecule has 1 aliphatic heterocycles. The van der Waals surface area contributed by atoms with Gasteiger partial charge in [0.1, 0.15) is 0 Å². The second-order valence-electron chi connectivity index (χ2n) is 4.96. The summed E-state index contributed by atoms with van der Waals surface area (Å²) < 4.78 is 4.76. The van der Waals surface area contributed by atoms with Crippen molar-refractivity contribution in [1.29, 1.82) is 0 Å². The summed E-state index contributed by atoms with van der Waals surface area (Å²) in [6, 6.07) is 15.8. The zero-order valence-electron chi connectivity index (χ0n) is 11.8. The number of carbonyl (C=O) groups excluding carboxylic acids is 1. The molecular weight excluding hydrogens is 264 g/mol. The maximum atomic E-state index is 11.6. The Labute approximate surface area is 123 Å². The fourth-order valence-corrected chi connectivity index (χ4v) is 2.39. The minimum absolute atomic E-state index is 0.310. The van der Waals surface area contributed by atoms with Crippen LogP contribution in [-0.4, -0.2) is 24.3 Å². The van der Waals surface area contributed by atoms with E-state index in [0.717, 1.165) is 17.7 Å². The fraction of sp³-hybridized carbons (Fsp3) is 0.176. The largest absolute Gasteiger partial charge is 0.465 e. The smallest absolute Gasteiger partial charge is 0.337 e. The number of carbonyl (C=O) groups is 1. The molecule has 0 bridgehead atoms. The molecule has 4 heteroatoms. The molecule has 1 aliphatic rings. The molecule has 1 heterocycles. The molecule has 0 fully saturated rings. The van der Waals surface area contributed by atoms with Gasteiger partial charge in [-0.2, -0.15) is 5.10 Å². The van der Waals surface area contributed by atoms with Gasteiger partial charge in [0.2, 0.25) is 0 Å². The minimum Gasteiger partial charge on any atom is -0.465 e. The molecule has 0 radical (unpaired) electrons. The first kappa shape index (κ1) is 13.4. The maximum Gasteiger partial charge on any atom is 0.337 e. The van der Waals surface area contributed by atoms with E-state index in [-0.39, 0.29) is 5.97 Å². The molecule has 2 aromatic rings. The van der Waals surface area contributed by atoms with Crippen LogP contribution in [0.4, 0.5) is 0 Å². The molecule has 0 aromatic heterocycles. The monoisotopic (exact) mass is 280 g/mol. The first-order chi connectivity index (χ1) is 10.3. The summed E-state index contributed by atoms with van der Waals surface area (Å²) >= 11 is 0. The Morgan fingerprint density at radius 2 is 2.05 bits per heavy atom. The number of rotatable bonds is 3. The average molecular weight is 280 g/mol. The summed E-state index contributed by atoms with van der Waals surface area (Å²) in [5.74, 6) is -0.310. The molecule has 4 nitrogen and oxygen atoms in total. The van der Waals surface area contributed by atoms with Crippen molar-refractivity contribution in [2.75, 3.05) is 7.11 Å². The van der Waals surface area contributed by atoms with Gasteiger partial charge in [-0.15, -0.1) is 0 Å². The molecule has 106 valence electrons. The summed E-state index contributed by atoms with van der Waals surface area (Å²) in [7, 11) is 1.39. The number of hydrogen-bond acceptors (Lipinski definition) is 4. The number of ether oxygens (including phenoxy) is 1. The number of hydrazone groups is 1. The molecule has 2 aromatic carbocycles. The van der Waals surface area contributed by atoms with Gasteiger partial charge in [-0.05, 0) is 28.8 Å². The van der Waals surface area contributed by atoms with Crippen molar-refractivity contribution in [3.8, 4) is 0 Å². The number of hydrogen-bond donors (Lipinski definition) is 0. The van der Waals surface area contributed by atoms with Crippen molar-refractivity contribution in [2.24, 2.45) is 5.10 Å². The van der Waals surface area contributed by atoms with Crippen molar-refractivity contribution in [3.05, 3.63) is 70.8 Å². The summed E-state index contributed by atoms with van der Waals surface area (Å²) in [4.78, 5) is 11.6. The molecule has 21 heavy (non-hydrogen) atoms. The van der Waals surface area contributed by atoms with Gasteiger partial charge >= 0.3 is 5.97 Å². The minimum atomic E-state index is -0.310. The third kappa shape index (κ3) is 2.94. The molecule has 3 rings (SSSR count). The van der Waals surface area contributed by atoms with Crippen molar-refractivity contribution < 1.29 is 9.53 Å². The van der Waals surface area contributed by atoms with E-state index in [2.05, 4.69) is 17.2 Å². The molecule has 0 saturated carbocycles. The lowest BCUT2D eigenvalue weighted by Crippen LogP contribution is -2.21. The van der Waals surface area contributed by atoms with Crippen LogP contribution in [0.5, 0.6) is 0 Å². The molecular formula is C17H16N2O2. The highest BCUT2D eigenvalue weighted by Gasteiger charge is 2.15. The zero-order valence-corrected chi connectivity index (χ0v) is 11.8. The Bertz CT molecular complexity index is 680. The van der Waals surface area contributed by atoms with Crippen LogP contribution < -0.4 is 0 Å². The standard InChI is InChI=1S/C17H16N2O2/c1-21-17(20)14-7-8-15-10-18-19(12-16(15)9-14)11-13-5-3-2-4-6-13/h2-10H,11-12H2,1H3. The van der Waals surface area contributed by atoms with Gasteiger partial charge in [0, 0.05) is 0 Å². The predicted molar refractivity (Wildman–Crippen MR) is 81.1 cm³/mol. The van der Waals surface area contributed by atoms with Gasteiger partial charge < -0.3 is 4.74 Å². The van der Waals surface area contributed by atoms with Crippen LogP contribution in [0.1, 0.15) is 27.0 Å². The normalized spacial score (nSPS) is 12.9. The fourth-order valence-electron chi connectivity index (χ4n) is 2.39. The highest BCUT2D eigenvalue weighted by atomic mass is 16.5. The van der Waals surface area contributed by atoms with Gasteiger partial charge in [-0.3, -0.25) is 5.01 Å². The molecule has 0 N–H and O–H groups in total. The summed E-state index contributed by atoms with van der Waals surface area (Å²) in [6.07, 6.45) is 1.84. The molecule has 0 unspecified atom stereocenters. The Hall–Kier alpha value is -2.62. The van der Waals surface area contributed by atoms with E-state index in [1.807, 2.05) is 41.6 Å². The Kier molecular flexibility index (Phi) is 3.69. The highest BCUT2D eigenvalue weighted by Crippen LogP contribution is 2.19. The van der Waals surface area contributed by atoms with E-state index in [4.69, 9.17) is 4.74 Å². The van der Waals surface area contributed by atoms with E-state index < -0.39 is 0 Å². The van der Waals surface area contributed by atoms with Crippen LogP contribution in [0.15, 0.2) is 53.6 Å². The Morgan fingerprint density at radius 3 is 2.81 bits per heavy atom. The second kappa shape index (κ2) is 5.79. The Morgan fingerprint density at radius 1 is 1.24 bits per heavy atom. The van der Waals surface area contributed by atoms with Crippen molar-refractivity contribution in [2.45, 2.75) is 13.1 Å². The third-order valence-corrected chi connectivity index (χ3v) is 3.48. The molecule has 0 amide bonds. The predicted octanol–water partition coefficient (Wildman–Crippen LogP) is 2.82. The van der Waals surface area contributed by atoms with Gasteiger partial charge in [-0.25, -0.2) is 4.79 Å². The lowest BCUT2D eigenvalue weighted by Gasteiger charge is -2.24. The van der Waals surface area contributed by atoms with Crippen LogP contribution in [-0.2, 0) is 17.8 Å². The summed E-state index contributed by atoms with van der Waals surface area (Å²) in [5.41, 5.74) is 3.92. The first-order valence-corrected chi connectivity index (χ1v) is 6.80. The van der Waals surface area contributed by atoms with Crippen molar-refractivity contribution >= 4 is 12.2 Å². The van der Waals surface area contributed by atoms with Crippen LogP contribution in [0.25, 0.3) is 0 Å². The van der Waals surface area contributed by atoms with Gasteiger partial charge in [0.25, 0.3) is 0 Å². The van der Waals surface area contributed by atoms with E-state index in [1.165, 1.54) is 12.7 Å². The van der Waals surface area contributed by atoms with Crippen LogP contribution >= 0.6 is 0 Å². The van der Waals surface area contributed by atoms with Gasteiger partial charge in [-0.1, -0.05) is 36.4 Å². The number of benzene rings is 2. The van der Waals surface area contributed by atoms with Crippen LogP contribution in [0.2, 0.25) is 0 Å². The van der Waals surface area contributed by atoms with Crippen molar-refractivity contribution in [1.82, 2.24) is 5.01 Å². The zero-order chi connectivity index (χ0) is 14.7. The van der Waals surface area contributed by atoms with Gasteiger partial charge in [0.15, 0.2) is 0 Å². The van der Waals surface area contributed by atoms with E-state index in [1.54, 1.807) is 6.07 Å². The van der Waals surface area contributed by atoms with E-state index in [0.29, 0.717) is 12.1 Å². The third-order valence-electron chi connectivity index (χ3n) is 3.48. The topological polar surface area (TPSA) is 41.9 Å². The van der Waals surface area contributed by atoms with Gasteiger partial charge in [0.05, 0.1) is 32.0 Å². The number of esters is 1. The molecule has 0 saturated heterocycles. The molecule has 0 atom stereocenters.